The SMILES string of the molecule is NC(=O)CCC(N)C(=O)NC(Cc1ccccc1)C(=O)NC(Cc1ccccc1)C(=O)NC(CCC(=O)O)C(=O)O. The second kappa shape index (κ2) is 16.4. The number of amides is 4. The highest BCUT2D eigenvalue weighted by molar-refractivity contribution is 5.94. The van der Waals surface area contributed by atoms with Gasteiger partial charge in [-0.05, 0) is 24.0 Å². The maximum absolute atomic E-state index is 13.5. The molecule has 0 aromatic heterocycles. The first kappa shape index (κ1) is 32.4. The molecule has 9 N–H and O–H groups in total. The van der Waals surface area contributed by atoms with Crippen LogP contribution in [0.2, 0.25) is 0 Å². The predicted octanol–water partition coefficient (Wildman–Crippen LogP) is -0.532. The molecule has 41 heavy (non-hydrogen) atoms. The van der Waals surface area contributed by atoms with Crippen molar-refractivity contribution in [3.8, 4) is 0 Å². The van der Waals surface area contributed by atoms with Gasteiger partial charge in [-0.1, -0.05) is 60.7 Å². The number of benzene rings is 2. The molecule has 2 aromatic carbocycles. The maximum Gasteiger partial charge on any atom is 0.326 e. The molecule has 0 saturated carbocycles. The highest BCUT2D eigenvalue weighted by Crippen LogP contribution is 2.09. The summed E-state index contributed by atoms with van der Waals surface area (Å²) in [4.78, 5) is 73.2. The van der Waals surface area contributed by atoms with Gasteiger partial charge in [0.05, 0.1) is 6.04 Å². The van der Waals surface area contributed by atoms with Gasteiger partial charge >= 0.3 is 11.9 Å². The summed E-state index contributed by atoms with van der Waals surface area (Å²) in [6.45, 7) is 0. The normalized spacial score (nSPS) is 13.6. The Labute approximate surface area is 236 Å². The number of nitrogens with one attached hydrogen (secondary N) is 3. The number of rotatable bonds is 17. The van der Waals surface area contributed by atoms with Crippen molar-refractivity contribution in [2.24, 2.45) is 11.5 Å². The number of carboxylic acids is 2. The monoisotopic (exact) mass is 569 g/mol. The number of carbonyl (C=O) groups excluding carboxylic acids is 4. The summed E-state index contributed by atoms with van der Waals surface area (Å²) in [6.07, 6.45) is -1.000. The average molecular weight is 570 g/mol. The van der Waals surface area contributed by atoms with Crippen molar-refractivity contribution in [1.29, 1.82) is 0 Å². The Balaban J connectivity index is 2.28. The van der Waals surface area contributed by atoms with Gasteiger partial charge in [-0.25, -0.2) is 4.79 Å². The van der Waals surface area contributed by atoms with Gasteiger partial charge in [0.15, 0.2) is 0 Å². The van der Waals surface area contributed by atoms with Crippen LogP contribution < -0.4 is 27.4 Å². The summed E-state index contributed by atoms with van der Waals surface area (Å²) >= 11 is 0. The van der Waals surface area contributed by atoms with Gasteiger partial charge in [0.2, 0.25) is 23.6 Å². The van der Waals surface area contributed by atoms with E-state index in [1.165, 1.54) is 0 Å². The molecule has 4 amide bonds. The molecule has 2 aromatic rings. The molecule has 0 aliphatic carbocycles. The Morgan fingerprint density at radius 3 is 1.49 bits per heavy atom. The predicted molar refractivity (Wildman–Crippen MR) is 147 cm³/mol. The third kappa shape index (κ3) is 11.9. The van der Waals surface area contributed by atoms with Crippen LogP contribution in [0.25, 0.3) is 0 Å². The number of hydrogen-bond donors (Lipinski definition) is 7. The Morgan fingerprint density at radius 2 is 1.07 bits per heavy atom. The first-order chi connectivity index (χ1) is 19.5. The second-order valence-corrected chi connectivity index (χ2v) is 9.45. The summed E-state index contributed by atoms with van der Waals surface area (Å²) in [5, 5.41) is 25.9. The summed E-state index contributed by atoms with van der Waals surface area (Å²) in [6, 6.07) is 12.3. The zero-order chi connectivity index (χ0) is 30.4. The minimum absolute atomic E-state index is 0.0200. The van der Waals surface area contributed by atoms with E-state index >= 15 is 0 Å². The minimum Gasteiger partial charge on any atom is -0.481 e. The van der Waals surface area contributed by atoms with Gasteiger partial charge in [0, 0.05) is 25.7 Å². The third-order valence-corrected chi connectivity index (χ3v) is 6.13. The lowest BCUT2D eigenvalue weighted by Crippen LogP contribution is -2.58. The van der Waals surface area contributed by atoms with Gasteiger partial charge in [-0.15, -0.1) is 0 Å². The zero-order valence-corrected chi connectivity index (χ0v) is 22.3. The summed E-state index contributed by atoms with van der Waals surface area (Å²) in [5.74, 6) is -5.58. The minimum atomic E-state index is -1.50. The lowest BCUT2D eigenvalue weighted by molar-refractivity contribution is -0.143. The Kier molecular flexibility index (Phi) is 12.9. The van der Waals surface area contributed by atoms with Crippen molar-refractivity contribution in [2.75, 3.05) is 0 Å². The largest absolute Gasteiger partial charge is 0.481 e. The molecule has 2 rings (SSSR count). The van der Waals surface area contributed by atoms with Crippen LogP contribution in [0.4, 0.5) is 0 Å². The number of nitrogens with two attached hydrogens (primary N) is 2. The van der Waals surface area contributed by atoms with Gasteiger partial charge in [0.25, 0.3) is 0 Å². The Hall–Kier alpha value is -4.78. The molecule has 0 spiro atoms. The van der Waals surface area contributed by atoms with Gasteiger partial charge in [-0.3, -0.25) is 24.0 Å². The van der Waals surface area contributed by atoms with E-state index in [2.05, 4.69) is 16.0 Å². The van der Waals surface area contributed by atoms with Crippen molar-refractivity contribution < 1.29 is 39.0 Å². The van der Waals surface area contributed by atoms with Crippen LogP contribution in [0.5, 0.6) is 0 Å². The van der Waals surface area contributed by atoms with E-state index < -0.39 is 66.2 Å². The number of carbonyl (C=O) groups is 6. The number of carboxylic acid groups (broad SMARTS) is 2. The second-order valence-electron chi connectivity index (χ2n) is 9.45. The fourth-order valence-electron chi connectivity index (χ4n) is 3.90. The Bertz CT molecular complexity index is 1210. The van der Waals surface area contributed by atoms with Crippen molar-refractivity contribution in [2.45, 2.75) is 62.7 Å². The third-order valence-electron chi connectivity index (χ3n) is 6.13. The average Bonchev–Trinajstić information content (AvgIpc) is 2.93. The molecule has 0 bridgehead atoms. The lowest BCUT2D eigenvalue weighted by Gasteiger charge is -2.25. The summed E-state index contributed by atoms with van der Waals surface area (Å²) in [5.41, 5.74) is 12.4. The smallest absolute Gasteiger partial charge is 0.326 e. The van der Waals surface area contributed by atoms with E-state index in [-0.39, 0.29) is 32.1 Å². The topological polar surface area (TPSA) is 231 Å². The van der Waals surface area contributed by atoms with Gasteiger partial charge in [0.1, 0.15) is 18.1 Å². The fourth-order valence-corrected chi connectivity index (χ4v) is 3.90. The quantitative estimate of drug-likeness (QED) is 0.130. The number of aliphatic carboxylic acids is 2. The molecule has 4 atom stereocenters. The molecule has 4 unspecified atom stereocenters. The first-order valence-electron chi connectivity index (χ1n) is 12.9. The van der Waals surface area contributed by atoms with Crippen LogP contribution in [0.1, 0.15) is 36.8 Å². The standard InChI is InChI=1S/C28H35N5O8/c29-19(11-13-23(30)34)25(37)32-21(15-17-7-3-1-4-8-17)27(39)33-22(16-18-9-5-2-6-10-18)26(38)31-20(28(40)41)12-14-24(35)36/h1-10,19-22H,11-16,29H2,(H2,30,34)(H,31,38)(H,32,37)(H,33,39)(H,35,36)(H,40,41). The van der Waals surface area contributed by atoms with E-state index in [0.29, 0.717) is 11.1 Å². The van der Waals surface area contributed by atoms with Crippen LogP contribution in [0, 0.1) is 0 Å². The van der Waals surface area contributed by atoms with Crippen molar-refractivity contribution in [3.05, 3.63) is 71.8 Å². The molecule has 13 nitrogen and oxygen atoms in total. The van der Waals surface area contributed by atoms with Crippen molar-refractivity contribution in [3.63, 3.8) is 0 Å². The first-order valence-corrected chi connectivity index (χ1v) is 12.9. The highest BCUT2D eigenvalue weighted by atomic mass is 16.4. The molecule has 0 fully saturated rings. The van der Waals surface area contributed by atoms with Crippen LogP contribution in [-0.4, -0.2) is 69.9 Å². The summed E-state index contributed by atoms with van der Waals surface area (Å²) < 4.78 is 0. The van der Waals surface area contributed by atoms with E-state index in [4.69, 9.17) is 16.6 Å². The van der Waals surface area contributed by atoms with Gasteiger partial charge < -0.3 is 37.6 Å². The fraction of sp³-hybridized carbons (Fsp3) is 0.357. The number of hydrogen-bond acceptors (Lipinski definition) is 7. The van der Waals surface area contributed by atoms with Crippen molar-refractivity contribution >= 4 is 35.6 Å². The molecular weight excluding hydrogens is 534 g/mol. The van der Waals surface area contributed by atoms with Crippen molar-refractivity contribution in [1.82, 2.24) is 16.0 Å². The Morgan fingerprint density at radius 1 is 0.634 bits per heavy atom. The van der Waals surface area contributed by atoms with Crippen LogP contribution in [0.3, 0.4) is 0 Å². The van der Waals surface area contributed by atoms with Gasteiger partial charge in [-0.2, -0.15) is 0 Å². The molecule has 0 heterocycles. The summed E-state index contributed by atoms with van der Waals surface area (Å²) in [7, 11) is 0. The number of primary amides is 1. The molecule has 0 saturated heterocycles. The lowest BCUT2D eigenvalue weighted by atomic mass is 10.0. The van der Waals surface area contributed by atoms with Crippen LogP contribution >= 0.6 is 0 Å². The van der Waals surface area contributed by atoms with E-state index in [9.17, 15) is 33.9 Å². The zero-order valence-electron chi connectivity index (χ0n) is 22.3. The molecule has 220 valence electrons. The molecule has 0 radical (unpaired) electrons. The molecule has 13 heteroatoms. The molecular formula is C28H35N5O8. The molecule has 0 aliphatic heterocycles. The van der Waals surface area contributed by atoms with E-state index in [0.717, 1.165) is 0 Å². The van der Waals surface area contributed by atoms with Crippen LogP contribution in [-0.2, 0) is 41.6 Å². The maximum atomic E-state index is 13.5. The highest BCUT2D eigenvalue weighted by Gasteiger charge is 2.31. The van der Waals surface area contributed by atoms with Crippen LogP contribution in [0.15, 0.2) is 60.7 Å². The molecule has 0 aliphatic rings. The van der Waals surface area contributed by atoms with E-state index in [1.807, 2.05) is 0 Å². The van der Waals surface area contributed by atoms with E-state index in [1.54, 1.807) is 60.7 Å².